The second-order valence-electron chi connectivity index (χ2n) is 11.8. The molecule has 4 rings (SSSR count). The number of ketones is 1. The Bertz CT molecular complexity index is 1460. The third-order valence-corrected chi connectivity index (χ3v) is 9.59. The van der Waals surface area contributed by atoms with E-state index in [2.05, 4.69) is 34.4 Å². The van der Waals surface area contributed by atoms with Gasteiger partial charge in [-0.25, -0.2) is 0 Å². The van der Waals surface area contributed by atoms with Crippen molar-refractivity contribution >= 4 is 33.7 Å². The van der Waals surface area contributed by atoms with Crippen molar-refractivity contribution in [3.05, 3.63) is 46.6 Å². The first-order valence-corrected chi connectivity index (χ1v) is 15.9. The molecule has 0 spiro atoms. The van der Waals surface area contributed by atoms with Gasteiger partial charge in [0, 0.05) is 42.9 Å². The Balaban J connectivity index is 1.62. The smallest absolute Gasteiger partial charge is 0.245 e. The molecule has 12 heteroatoms. The number of hydrogen-bond donors (Lipinski definition) is 2. The van der Waals surface area contributed by atoms with Crippen molar-refractivity contribution in [2.24, 2.45) is 5.73 Å². The first-order valence-electron chi connectivity index (χ1n) is 15.1. The number of carbonyl (C=O) groups is 2. The van der Waals surface area contributed by atoms with Crippen LogP contribution in [0.1, 0.15) is 74.2 Å². The molecule has 11 nitrogen and oxygen atoms in total. The Morgan fingerprint density at radius 3 is 2.66 bits per heavy atom. The average Bonchev–Trinajstić information content (AvgIpc) is 3.35. The van der Waals surface area contributed by atoms with E-state index in [0.717, 1.165) is 30.6 Å². The van der Waals surface area contributed by atoms with E-state index < -0.39 is 5.41 Å². The Morgan fingerprint density at radius 1 is 1.32 bits per heavy atom. The summed E-state index contributed by atoms with van der Waals surface area (Å²) in [5.41, 5.74) is 12.9. The number of hydrogen-bond acceptors (Lipinski definition) is 11. The molecule has 2 atom stereocenters. The van der Waals surface area contributed by atoms with E-state index in [1.54, 1.807) is 11.0 Å². The fourth-order valence-electron chi connectivity index (χ4n) is 5.87. The summed E-state index contributed by atoms with van der Waals surface area (Å²) in [5, 5.41) is 10.2. The first kappa shape index (κ1) is 33.0. The molecule has 4 N–H and O–H groups in total. The molecule has 1 saturated heterocycles. The summed E-state index contributed by atoms with van der Waals surface area (Å²) in [6.45, 7) is 9.04. The molecule has 0 saturated carbocycles. The molecule has 1 aliphatic heterocycles. The van der Waals surface area contributed by atoms with Gasteiger partial charge < -0.3 is 30.7 Å². The number of anilines is 1. The Hall–Kier alpha value is -3.95. The van der Waals surface area contributed by atoms with Crippen LogP contribution < -0.4 is 20.9 Å². The molecule has 0 radical (unpaired) electrons. The second kappa shape index (κ2) is 14.2. The lowest BCUT2D eigenvalue weighted by molar-refractivity contribution is -0.127. The van der Waals surface area contributed by atoms with Crippen molar-refractivity contribution < 1.29 is 19.1 Å². The maximum Gasteiger partial charge on any atom is 0.245 e. The molecule has 2 aliphatic rings. The van der Waals surface area contributed by atoms with Crippen molar-refractivity contribution in [2.45, 2.75) is 76.4 Å². The van der Waals surface area contributed by atoms with Crippen LogP contribution in [-0.4, -0.2) is 77.4 Å². The van der Waals surface area contributed by atoms with Crippen LogP contribution in [0.2, 0.25) is 0 Å². The third-order valence-electron chi connectivity index (χ3n) is 8.51. The van der Waals surface area contributed by atoms with E-state index >= 15 is 0 Å². The average molecular weight is 622 g/mol. The number of piperidine rings is 1. The summed E-state index contributed by atoms with van der Waals surface area (Å²) in [7, 11) is 4.02. The number of amides is 1. The minimum atomic E-state index is -0.944. The number of aryl methyl sites for hydroxylation is 1. The Labute approximate surface area is 263 Å². The number of aromatic nitrogens is 2. The zero-order valence-corrected chi connectivity index (χ0v) is 26.9. The number of nitriles is 1. The number of nitrogens with two attached hydrogens (primary N) is 2. The van der Waals surface area contributed by atoms with Crippen molar-refractivity contribution in [3.8, 4) is 17.8 Å². The number of allylic oxidation sites excluding steroid dienone is 1. The van der Waals surface area contributed by atoms with E-state index in [9.17, 15) is 14.9 Å². The number of ether oxygens (including phenoxy) is 2. The Morgan fingerprint density at radius 2 is 2.02 bits per heavy atom. The number of fused-ring (bicyclic) bond motifs is 1. The number of thiophene rings is 1. The van der Waals surface area contributed by atoms with Crippen LogP contribution >= 0.6 is 11.3 Å². The quantitative estimate of drug-likeness (QED) is 0.333. The number of nitrogens with zero attached hydrogens (tertiary/aromatic N) is 5. The van der Waals surface area contributed by atoms with E-state index in [1.165, 1.54) is 23.5 Å². The molecule has 0 aromatic carbocycles. The predicted molar refractivity (Wildman–Crippen MR) is 171 cm³/mol. The highest BCUT2D eigenvalue weighted by atomic mass is 32.1. The molecule has 1 amide bonds. The van der Waals surface area contributed by atoms with Crippen LogP contribution in [0, 0.1) is 11.3 Å². The maximum absolute atomic E-state index is 13.8. The summed E-state index contributed by atoms with van der Waals surface area (Å²) >= 11 is 1.38. The van der Waals surface area contributed by atoms with Crippen LogP contribution in [0.3, 0.4) is 0 Å². The highest BCUT2D eigenvalue weighted by Crippen LogP contribution is 2.46. The van der Waals surface area contributed by atoms with Gasteiger partial charge in [-0.3, -0.25) is 9.59 Å². The van der Waals surface area contributed by atoms with Gasteiger partial charge in [0.15, 0.2) is 11.6 Å². The molecule has 1 aliphatic carbocycles. The zero-order chi connectivity index (χ0) is 32.0. The summed E-state index contributed by atoms with van der Waals surface area (Å²) in [4.78, 5) is 39.8. The molecular weight excluding hydrogens is 578 g/mol. The highest BCUT2D eigenvalue weighted by Gasteiger charge is 2.42. The Kier molecular flexibility index (Phi) is 10.7. The van der Waals surface area contributed by atoms with Gasteiger partial charge in [-0.15, -0.1) is 11.3 Å². The van der Waals surface area contributed by atoms with E-state index in [4.69, 9.17) is 20.9 Å². The summed E-state index contributed by atoms with van der Waals surface area (Å²) in [6, 6.07) is 4.01. The molecule has 2 aromatic heterocycles. The lowest BCUT2D eigenvalue weighted by Gasteiger charge is -2.32. The van der Waals surface area contributed by atoms with Crippen LogP contribution in [0.5, 0.6) is 11.8 Å². The predicted octanol–water partition coefficient (Wildman–Crippen LogP) is 3.82. The minimum Gasteiger partial charge on any atom is -0.476 e. The fraction of sp³-hybridized carbons (Fsp3) is 0.531. The van der Waals surface area contributed by atoms with Crippen molar-refractivity contribution in [3.63, 3.8) is 0 Å². The molecule has 3 heterocycles. The lowest BCUT2D eigenvalue weighted by atomic mass is 9.69. The topological polar surface area (TPSA) is 161 Å². The number of likely N-dealkylation sites (tertiary alicyclic amines) is 1. The van der Waals surface area contributed by atoms with Crippen LogP contribution in [-0.2, 0) is 21.4 Å². The fourth-order valence-corrected chi connectivity index (χ4v) is 7.06. The minimum absolute atomic E-state index is 0.0736. The van der Waals surface area contributed by atoms with Gasteiger partial charge in [0.1, 0.15) is 23.8 Å². The summed E-state index contributed by atoms with van der Waals surface area (Å²) < 4.78 is 12.4. The molecule has 1 fully saturated rings. The largest absolute Gasteiger partial charge is 0.476 e. The van der Waals surface area contributed by atoms with Crippen molar-refractivity contribution in [1.82, 2.24) is 19.8 Å². The normalized spacial score (nSPS) is 19.6. The molecule has 2 aromatic rings. The van der Waals surface area contributed by atoms with Crippen molar-refractivity contribution in [1.29, 1.82) is 5.26 Å². The summed E-state index contributed by atoms with van der Waals surface area (Å²) in [5.74, 6) is 0.353. The van der Waals surface area contributed by atoms with Crippen LogP contribution in [0.4, 0.5) is 5.00 Å². The van der Waals surface area contributed by atoms with E-state index in [1.807, 2.05) is 21.0 Å². The van der Waals surface area contributed by atoms with Gasteiger partial charge in [0.2, 0.25) is 17.7 Å². The number of nitrogen functional groups attached to an aromatic ring is 1. The first-order chi connectivity index (χ1) is 21.0. The molecule has 1 unspecified atom stereocenters. The second-order valence-corrected chi connectivity index (χ2v) is 13.0. The van der Waals surface area contributed by atoms with E-state index in [0.29, 0.717) is 61.0 Å². The van der Waals surface area contributed by atoms with Gasteiger partial charge in [-0.05, 0) is 58.3 Å². The molecule has 236 valence electrons. The number of rotatable bonds is 12. The third kappa shape index (κ3) is 7.22. The SMILES string of the molecule is C=CC(=O)N1CCC(Oc2cc(OCC(CCC)N(C)C)nc(/C(N)=C/C(=O)[C@@]3(C)CCCc4sc(N)c(C#N)c43)n2)CC1. The van der Waals surface area contributed by atoms with Crippen LogP contribution in [0.25, 0.3) is 5.70 Å². The summed E-state index contributed by atoms with van der Waals surface area (Å²) in [6.07, 6.45) is 7.86. The molecule has 0 bridgehead atoms. The van der Waals surface area contributed by atoms with Gasteiger partial charge >= 0.3 is 0 Å². The van der Waals surface area contributed by atoms with Gasteiger partial charge in [-0.1, -0.05) is 19.9 Å². The maximum atomic E-state index is 13.8. The zero-order valence-electron chi connectivity index (χ0n) is 26.1. The van der Waals surface area contributed by atoms with Crippen LogP contribution in [0.15, 0.2) is 24.8 Å². The van der Waals surface area contributed by atoms with Crippen molar-refractivity contribution in [2.75, 3.05) is 39.5 Å². The standard InChI is InChI=1S/C32H43N7O4S/c1-6-9-20(38(4)5)19-42-26-17-27(43-21-11-14-39(15-12-21)28(41)7-2)37-31(36-26)23(34)16-25(40)32(3)13-8-10-24-29(32)22(18-33)30(35)44-24/h7,16-17,20-21H,2,6,8-15,19,34-35H2,1,3-5H3/b23-16-/t20?,32-/m1/s1. The van der Waals surface area contributed by atoms with Gasteiger partial charge in [0.25, 0.3) is 0 Å². The lowest BCUT2D eigenvalue weighted by Crippen LogP contribution is -2.41. The number of carbonyl (C=O) groups excluding carboxylic acids is 2. The highest BCUT2D eigenvalue weighted by molar-refractivity contribution is 7.16. The van der Waals surface area contributed by atoms with E-state index in [-0.39, 0.29) is 41.2 Å². The van der Waals surface area contributed by atoms with Gasteiger partial charge in [0.05, 0.1) is 22.7 Å². The van der Waals surface area contributed by atoms with Gasteiger partial charge in [-0.2, -0.15) is 15.2 Å². The molecule has 44 heavy (non-hydrogen) atoms. The molecular formula is C32H43N7O4S. The monoisotopic (exact) mass is 621 g/mol. The number of likely N-dealkylation sites (N-methyl/N-ethyl adjacent to an activating group) is 1.